The molecule has 1 aliphatic heterocycles. The number of carbonyl (C=O) groups is 2. The molecule has 0 saturated carbocycles. The van der Waals surface area contributed by atoms with E-state index in [2.05, 4.69) is 5.32 Å². The molecular formula is C23H22N2O5S2. The van der Waals surface area contributed by atoms with Gasteiger partial charge in [-0.1, -0.05) is 48.5 Å². The Morgan fingerprint density at radius 2 is 1.66 bits per heavy atom. The highest BCUT2D eigenvalue weighted by molar-refractivity contribution is 7.89. The fourth-order valence-electron chi connectivity index (χ4n) is 3.56. The second-order valence-corrected chi connectivity index (χ2v) is 10.1. The summed E-state index contributed by atoms with van der Waals surface area (Å²) in [6.45, 7) is 0.356. The number of hydrogen-bond acceptors (Lipinski definition) is 6. The van der Waals surface area contributed by atoms with E-state index in [1.165, 1.54) is 15.8 Å². The Hall–Kier alpha value is -3.01. The molecule has 9 heteroatoms. The number of nitrogens with zero attached hydrogens (tertiary/aromatic N) is 1. The zero-order valence-electron chi connectivity index (χ0n) is 17.2. The highest BCUT2D eigenvalue weighted by Gasteiger charge is 2.32. The molecule has 4 rings (SSSR count). The van der Waals surface area contributed by atoms with Crippen LogP contribution in [-0.4, -0.2) is 44.3 Å². The number of rotatable bonds is 7. The number of nitrogens with one attached hydrogen (secondary N) is 1. The van der Waals surface area contributed by atoms with Gasteiger partial charge in [-0.2, -0.15) is 4.31 Å². The summed E-state index contributed by atoms with van der Waals surface area (Å²) in [6.07, 6.45) is 1.60. The topological polar surface area (TPSA) is 92.8 Å². The van der Waals surface area contributed by atoms with E-state index in [0.29, 0.717) is 18.8 Å². The molecule has 0 aliphatic carbocycles. The minimum absolute atomic E-state index is 0.0191. The van der Waals surface area contributed by atoms with Crippen molar-refractivity contribution < 1.29 is 22.7 Å². The predicted octanol–water partition coefficient (Wildman–Crippen LogP) is 4.00. The zero-order chi connectivity index (χ0) is 22.6. The first-order chi connectivity index (χ1) is 15.5. The molecule has 1 fully saturated rings. The minimum atomic E-state index is -3.75. The second kappa shape index (κ2) is 9.64. The maximum Gasteiger partial charge on any atom is 0.350 e. The molecular weight excluding hydrogens is 448 g/mol. The fraction of sp³-hybridized carbons (Fsp3) is 0.217. The summed E-state index contributed by atoms with van der Waals surface area (Å²) >= 11 is 0.987. The lowest BCUT2D eigenvalue weighted by atomic mass is 10.0. The van der Waals surface area contributed by atoms with Gasteiger partial charge in [0.25, 0.3) is 5.91 Å². The summed E-state index contributed by atoms with van der Waals surface area (Å²) in [6, 6.07) is 18.3. The van der Waals surface area contributed by atoms with Gasteiger partial charge in [-0.05, 0) is 35.9 Å². The second-order valence-electron chi connectivity index (χ2n) is 7.26. The van der Waals surface area contributed by atoms with Gasteiger partial charge in [-0.25, -0.2) is 13.2 Å². The Labute approximate surface area is 190 Å². The molecule has 1 saturated heterocycles. The number of carbonyl (C=O) groups excluding carboxylic acids is 2. The molecule has 0 spiro atoms. The van der Waals surface area contributed by atoms with Crippen molar-refractivity contribution in [2.75, 3.05) is 25.0 Å². The van der Waals surface area contributed by atoms with Crippen LogP contribution in [0.5, 0.6) is 0 Å². The molecule has 0 atom stereocenters. The van der Waals surface area contributed by atoms with Gasteiger partial charge in [0.05, 0.1) is 0 Å². The van der Waals surface area contributed by atoms with Crippen molar-refractivity contribution in [1.82, 2.24) is 4.31 Å². The number of sulfonamides is 1. The number of para-hydroxylation sites is 1. The van der Waals surface area contributed by atoms with Gasteiger partial charge in [0.15, 0.2) is 6.61 Å². The lowest BCUT2D eigenvalue weighted by Crippen LogP contribution is -2.29. The van der Waals surface area contributed by atoms with Crippen molar-refractivity contribution >= 4 is 38.9 Å². The van der Waals surface area contributed by atoms with Gasteiger partial charge in [-0.3, -0.25) is 4.79 Å². The van der Waals surface area contributed by atoms with E-state index in [1.54, 1.807) is 12.1 Å². The van der Waals surface area contributed by atoms with Crippen LogP contribution in [0.3, 0.4) is 0 Å². The molecule has 1 amide bonds. The first-order valence-electron chi connectivity index (χ1n) is 10.2. The van der Waals surface area contributed by atoms with E-state index in [1.807, 2.05) is 42.5 Å². The Bertz CT molecular complexity index is 1220. The fourth-order valence-corrected chi connectivity index (χ4v) is 6.36. The van der Waals surface area contributed by atoms with Crippen LogP contribution in [-0.2, 0) is 19.6 Å². The van der Waals surface area contributed by atoms with E-state index < -0.39 is 28.5 Å². The average Bonchev–Trinajstić information content (AvgIpc) is 3.51. The maximum absolute atomic E-state index is 12.8. The number of amides is 1. The van der Waals surface area contributed by atoms with Crippen molar-refractivity contribution in [2.24, 2.45) is 0 Å². The summed E-state index contributed by atoms with van der Waals surface area (Å²) in [5.74, 6) is -1.34. The van der Waals surface area contributed by atoms with Crippen LogP contribution in [0.1, 0.15) is 22.5 Å². The Balaban J connectivity index is 1.42. The molecule has 166 valence electrons. The number of anilines is 1. The summed E-state index contributed by atoms with van der Waals surface area (Å²) in [7, 11) is -3.75. The van der Waals surface area contributed by atoms with E-state index in [0.717, 1.165) is 35.3 Å². The number of benzene rings is 2. The molecule has 1 N–H and O–H groups in total. The van der Waals surface area contributed by atoms with Crippen LogP contribution in [0.25, 0.3) is 11.1 Å². The molecule has 7 nitrogen and oxygen atoms in total. The molecule has 32 heavy (non-hydrogen) atoms. The normalized spacial score (nSPS) is 14.2. The Kier molecular flexibility index (Phi) is 6.69. The van der Waals surface area contributed by atoms with Gasteiger partial charge in [0, 0.05) is 24.3 Å². The third-order valence-corrected chi connectivity index (χ3v) is 8.08. The predicted molar refractivity (Wildman–Crippen MR) is 123 cm³/mol. The SMILES string of the molecule is O=C(COC(=O)c1sccc1S(=O)(=O)N1CCCC1)Nc1ccccc1-c1ccccc1. The van der Waals surface area contributed by atoms with Gasteiger partial charge in [0.2, 0.25) is 10.0 Å². The van der Waals surface area contributed by atoms with Crippen LogP contribution in [0, 0.1) is 0 Å². The third-order valence-electron chi connectivity index (χ3n) is 5.12. The largest absolute Gasteiger partial charge is 0.451 e. The highest BCUT2D eigenvalue weighted by atomic mass is 32.2. The number of thiophene rings is 1. The van der Waals surface area contributed by atoms with Crippen LogP contribution in [0.15, 0.2) is 70.9 Å². The van der Waals surface area contributed by atoms with E-state index in [-0.39, 0.29) is 9.77 Å². The van der Waals surface area contributed by atoms with Crippen molar-refractivity contribution in [3.8, 4) is 11.1 Å². The van der Waals surface area contributed by atoms with Crippen molar-refractivity contribution in [1.29, 1.82) is 0 Å². The summed E-state index contributed by atoms with van der Waals surface area (Å²) in [5.41, 5.74) is 2.37. The van der Waals surface area contributed by atoms with E-state index >= 15 is 0 Å². The van der Waals surface area contributed by atoms with Gasteiger partial charge >= 0.3 is 5.97 Å². The average molecular weight is 471 g/mol. The molecule has 0 radical (unpaired) electrons. The Morgan fingerprint density at radius 3 is 2.41 bits per heavy atom. The van der Waals surface area contributed by atoms with Crippen LogP contribution < -0.4 is 5.32 Å². The van der Waals surface area contributed by atoms with Crippen LogP contribution in [0.2, 0.25) is 0 Å². The third kappa shape index (κ3) is 4.74. The molecule has 1 aromatic heterocycles. The zero-order valence-corrected chi connectivity index (χ0v) is 18.8. The van der Waals surface area contributed by atoms with Crippen molar-refractivity contribution in [3.63, 3.8) is 0 Å². The molecule has 2 heterocycles. The van der Waals surface area contributed by atoms with Gasteiger partial charge in [0.1, 0.15) is 9.77 Å². The van der Waals surface area contributed by atoms with Gasteiger partial charge < -0.3 is 10.1 Å². The van der Waals surface area contributed by atoms with Crippen molar-refractivity contribution in [3.05, 3.63) is 70.9 Å². The molecule has 0 bridgehead atoms. The van der Waals surface area contributed by atoms with Crippen molar-refractivity contribution in [2.45, 2.75) is 17.7 Å². The molecule has 0 unspecified atom stereocenters. The van der Waals surface area contributed by atoms with Crippen LogP contribution >= 0.6 is 11.3 Å². The summed E-state index contributed by atoms with van der Waals surface area (Å²) in [5, 5.41) is 4.30. The summed E-state index contributed by atoms with van der Waals surface area (Å²) in [4.78, 5) is 24.9. The highest BCUT2D eigenvalue weighted by Crippen LogP contribution is 2.29. The first kappa shape index (κ1) is 22.2. The smallest absolute Gasteiger partial charge is 0.350 e. The van der Waals surface area contributed by atoms with Crippen LogP contribution in [0.4, 0.5) is 5.69 Å². The molecule has 1 aliphatic rings. The lowest BCUT2D eigenvalue weighted by Gasteiger charge is -2.15. The minimum Gasteiger partial charge on any atom is -0.451 e. The molecule has 2 aromatic carbocycles. The monoisotopic (exact) mass is 470 g/mol. The maximum atomic E-state index is 12.8. The number of esters is 1. The first-order valence-corrected chi connectivity index (χ1v) is 12.5. The lowest BCUT2D eigenvalue weighted by molar-refractivity contribution is -0.119. The van der Waals surface area contributed by atoms with Gasteiger partial charge in [-0.15, -0.1) is 11.3 Å². The number of ether oxygens (including phenoxy) is 1. The Morgan fingerprint density at radius 1 is 0.969 bits per heavy atom. The standard InChI is InChI=1S/C23H22N2O5S2/c26-21(24-19-11-5-4-10-18(19)17-8-2-1-3-9-17)16-30-23(27)22-20(12-15-31-22)32(28,29)25-13-6-7-14-25/h1-5,8-12,15H,6-7,13-14,16H2,(H,24,26). The summed E-state index contributed by atoms with van der Waals surface area (Å²) < 4.78 is 32.2. The molecule has 3 aromatic rings. The van der Waals surface area contributed by atoms with E-state index in [4.69, 9.17) is 4.74 Å². The quantitative estimate of drug-likeness (QED) is 0.527. The van der Waals surface area contributed by atoms with E-state index in [9.17, 15) is 18.0 Å². The number of hydrogen-bond donors (Lipinski definition) is 1.